The normalized spacial score (nSPS) is 11.2. The van der Waals surface area contributed by atoms with Crippen LogP contribution in [0, 0.1) is 6.92 Å². The molecule has 0 fully saturated rings. The fourth-order valence-electron chi connectivity index (χ4n) is 2.10. The fourth-order valence-corrected chi connectivity index (χ4v) is 3.30. The summed E-state index contributed by atoms with van der Waals surface area (Å²) in [5.74, 6) is -0.522. The van der Waals surface area contributed by atoms with Crippen LogP contribution in [0.2, 0.25) is 10.0 Å². The van der Waals surface area contributed by atoms with Gasteiger partial charge in [-0.2, -0.15) is 0 Å². The van der Waals surface area contributed by atoms with Crippen LogP contribution in [0.4, 0.5) is 11.4 Å². The Morgan fingerprint density at radius 2 is 1.83 bits per heavy atom. The first kappa shape index (κ1) is 18.6. The molecule has 1 N–H and O–H groups in total. The van der Waals surface area contributed by atoms with Gasteiger partial charge in [0.1, 0.15) is 6.54 Å². The van der Waals surface area contributed by atoms with E-state index in [1.807, 2.05) is 13.0 Å². The second kappa shape index (κ2) is 7.42. The second-order valence-electron chi connectivity index (χ2n) is 5.26. The smallest absolute Gasteiger partial charge is 0.245 e. The van der Waals surface area contributed by atoms with Gasteiger partial charge in [0.25, 0.3) is 0 Å². The van der Waals surface area contributed by atoms with E-state index >= 15 is 0 Å². The molecule has 0 atom stereocenters. The average Bonchev–Trinajstić information content (AvgIpc) is 2.48. The third-order valence-electron chi connectivity index (χ3n) is 3.20. The Morgan fingerprint density at radius 3 is 2.46 bits per heavy atom. The van der Waals surface area contributed by atoms with E-state index in [0.717, 1.165) is 16.1 Å². The van der Waals surface area contributed by atoms with E-state index in [9.17, 15) is 13.2 Å². The van der Waals surface area contributed by atoms with Gasteiger partial charge in [-0.3, -0.25) is 9.10 Å². The minimum Gasteiger partial charge on any atom is -0.323 e. The Kier molecular flexibility index (Phi) is 5.74. The summed E-state index contributed by atoms with van der Waals surface area (Å²) in [6.45, 7) is 1.47. The van der Waals surface area contributed by atoms with Gasteiger partial charge in [0.15, 0.2) is 0 Å². The molecule has 0 aliphatic heterocycles. The van der Waals surface area contributed by atoms with Gasteiger partial charge < -0.3 is 5.32 Å². The van der Waals surface area contributed by atoms with Crippen LogP contribution in [0.3, 0.4) is 0 Å². The highest BCUT2D eigenvalue weighted by Gasteiger charge is 2.21. The topological polar surface area (TPSA) is 66.5 Å². The monoisotopic (exact) mass is 386 g/mol. The van der Waals surface area contributed by atoms with Gasteiger partial charge in [0.05, 0.1) is 27.7 Å². The number of benzene rings is 2. The Hall–Kier alpha value is -1.76. The zero-order chi connectivity index (χ0) is 17.9. The van der Waals surface area contributed by atoms with Crippen molar-refractivity contribution in [2.45, 2.75) is 6.92 Å². The maximum atomic E-state index is 12.3. The summed E-state index contributed by atoms with van der Waals surface area (Å²) in [6.07, 6.45) is 1.05. The molecule has 1 amide bonds. The zero-order valence-electron chi connectivity index (χ0n) is 13.1. The maximum Gasteiger partial charge on any atom is 0.245 e. The van der Waals surface area contributed by atoms with Gasteiger partial charge in [0.2, 0.25) is 15.9 Å². The molecule has 0 unspecified atom stereocenters. The number of carbonyl (C=O) groups is 1. The highest BCUT2D eigenvalue weighted by atomic mass is 35.5. The lowest BCUT2D eigenvalue weighted by atomic mass is 10.2. The van der Waals surface area contributed by atoms with Gasteiger partial charge in [0, 0.05) is 0 Å². The molecule has 5 nitrogen and oxygen atoms in total. The van der Waals surface area contributed by atoms with Crippen LogP contribution >= 0.6 is 23.2 Å². The summed E-state index contributed by atoms with van der Waals surface area (Å²) in [7, 11) is -3.63. The van der Waals surface area contributed by atoms with Crippen LogP contribution in [0.5, 0.6) is 0 Å². The first-order valence-corrected chi connectivity index (χ1v) is 9.57. The van der Waals surface area contributed by atoms with E-state index in [4.69, 9.17) is 23.2 Å². The van der Waals surface area contributed by atoms with Gasteiger partial charge in [-0.15, -0.1) is 0 Å². The van der Waals surface area contributed by atoms with Crippen molar-refractivity contribution in [2.75, 3.05) is 22.4 Å². The largest absolute Gasteiger partial charge is 0.323 e. The van der Waals surface area contributed by atoms with Crippen molar-refractivity contribution in [2.24, 2.45) is 0 Å². The molecule has 2 aromatic carbocycles. The SMILES string of the molecule is Cc1cccc(N(CC(=O)Nc2cccc(Cl)c2Cl)S(C)(=O)=O)c1. The van der Waals surface area contributed by atoms with Gasteiger partial charge in [-0.1, -0.05) is 41.4 Å². The average molecular weight is 387 g/mol. The van der Waals surface area contributed by atoms with Crippen molar-refractivity contribution in [3.8, 4) is 0 Å². The first-order valence-electron chi connectivity index (χ1n) is 6.97. The van der Waals surface area contributed by atoms with Gasteiger partial charge in [-0.25, -0.2) is 8.42 Å². The predicted molar refractivity (Wildman–Crippen MR) is 98.5 cm³/mol. The molecular formula is C16H16Cl2N2O3S. The second-order valence-corrected chi connectivity index (χ2v) is 7.95. The van der Waals surface area contributed by atoms with Crippen molar-refractivity contribution in [3.05, 3.63) is 58.1 Å². The van der Waals surface area contributed by atoms with Crippen LogP contribution in [-0.2, 0) is 14.8 Å². The number of aryl methyl sites for hydroxylation is 1. The van der Waals surface area contributed by atoms with E-state index < -0.39 is 15.9 Å². The predicted octanol–water partition coefficient (Wildman–Crippen LogP) is 3.71. The molecular weight excluding hydrogens is 371 g/mol. The molecule has 0 aliphatic rings. The zero-order valence-corrected chi connectivity index (χ0v) is 15.4. The van der Waals surface area contributed by atoms with Gasteiger partial charge >= 0.3 is 0 Å². The summed E-state index contributed by atoms with van der Waals surface area (Å²) in [6, 6.07) is 11.7. The van der Waals surface area contributed by atoms with E-state index in [-0.39, 0.29) is 11.6 Å². The summed E-state index contributed by atoms with van der Waals surface area (Å²) >= 11 is 11.9. The Labute approximate surface area is 151 Å². The van der Waals surface area contributed by atoms with E-state index in [2.05, 4.69) is 5.32 Å². The van der Waals surface area contributed by atoms with Crippen molar-refractivity contribution < 1.29 is 13.2 Å². The molecule has 0 heterocycles. The lowest BCUT2D eigenvalue weighted by Crippen LogP contribution is -2.37. The molecule has 0 aliphatic carbocycles. The third-order valence-corrected chi connectivity index (χ3v) is 5.16. The van der Waals surface area contributed by atoms with Crippen molar-refractivity contribution >= 4 is 50.5 Å². The number of nitrogens with zero attached hydrogens (tertiary/aromatic N) is 1. The number of carbonyl (C=O) groups excluding carboxylic acids is 1. The molecule has 2 aromatic rings. The number of nitrogens with one attached hydrogen (secondary N) is 1. The summed E-state index contributed by atoms with van der Waals surface area (Å²) in [5, 5.41) is 3.08. The van der Waals surface area contributed by atoms with Crippen LogP contribution in [0.25, 0.3) is 0 Å². The number of hydrogen-bond donors (Lipinski definition) is 1. The molecule has 0 saturated heterocycles. The highest BCUT2D eigenvalue weighted by Crippen LogP contribution is 2.29. The number of sulfonamides is 1. The third kappa shape index (κ3) is 4.63. The van der Waals surface area contributed by atoms with Crippen molar-refractivity contribution in [1.29, 1.82) is 0 Å². The number of anilines is 2. The number of rotatable bonds is 5. The van der Waals surface area contributed by atoms with E-state index in [1.165, 1.54) is 0 Å². The summed E-state index contributed by atoms with van der Waals surface area (Å²) in [5.41, 5.74) is 1.64. The molecule has 2 rings (SSSR count). The molecule has 24 heavy (non-hydrogen) atoms. The molecule has 8 heteroatoms. The lowest BCUT2D eigenvalue weighted by molar-refractivity contribution is -0.114. The Balaban J connectivity index is 2.24. The van der Waals surface area contributed by atoms with E-state index in [1.54, 1.807) is 36.4 Å². The minimum absolute atomic E-state index is 0.203. The molecule has 0 spiro atoms. The van der Waals surface area contributed by atoms with Crippen LogP contribution in [0.1, 0.15) is 5.56 Å². The lowest BCUT2D eigenvalue weighted by Gasteiger charge is -2.22. The Morgan fingerprint density at radius 1 is 1.17 bits per heavy atom. The quantitative estimate of drug-likeness (QED) is 0.851. The summed E-state index contributed by atoms with van der Waals surface area (Å²) in [4.78, 5) is 12.3. The van der Waals surface area contributed by atoms with E-state index in [0.29, 0.717) is 16.4 Å². The Bertz CT molecular complexity index is 869. The number of hydrogen-bond acceptors (Lipinski definition) is 3. The maximum absolute atomic E-state index is 12.3. The summed E-state index contributed by atoms with van der Waals surface area (Å²) < 4.78 is 25.1. The standard InChI is InChI=1S/C16H16Cl2N2O3S/c1-11-5-3-6-12(9-11)20(24(2,22)23)10-15(21)19-14-8-4-7-13(17)16(14)18/h3-9H,10H2,1-2H3,(H,19,21). The van der Waals surface area contributed by atoms with Crippen molar-refractivity contribution in [1.82, 2.24) is 0 Å². The van der Waals surface area contributed by atoms with Crippen LogP contribution in [-0.4, -0.2) is 27.1 Å². The molecule has 0 bridgehead atoms. The molecule has 0 aromatic heterocycles. The molecule has 0 saturated carbocycles. The number of halogens is 2. The number of amides is 1. The molecule has 0 radical (unpaired) electrons. The van der Waals surface area contributed by atoms with Gasteiger partial charge in [-0.05, 0) is 36.8 Å². The minimum atomic E-state index is -3.63. The first-order chi connectivity index (χ1) is 11.2. The van der Waals surface area contributed by atoms with Crippen LogP contribution < -0.4 is 9.62 Å². The highest BCUT2D eigenvalue weighted by molar-refractivity contribution is 7.92. The van der Waals surface area contributed by atoms with Crippen molar-refractivity contribution in [3.63, 3.8) is 0 Å². The molecule has 128 valence electrons. The fraction of sp³-hybridized carbons (Fsp3) is 0.188. The van der Waals surface area contributed by atoms with Crippen LogP contribution in [0.15, 0.2) is 42.5 Å².